The Morgan fingerprint density at radius 1 is 1.11 bits per heavy atom. The van der Waals surface area contributed by atoms with Gasteiger partial charge in [-0.15, -0.1) is 0 Å². The zero-order valence-electron chi connectivity index (χ0n) is 15.3. The molecule has 0 unspecified atom stereocenters. The first-order chi connectivity index (χ1) is 13.3. The number of nitrogens with one attached hydrogen (secondary N) is 3. The molecule has 28 heavy (non-hydrogen) atoms. The van der Waals surface area contributed by atoms with E-state index in [0.717, 1.165) is 5.56 Å². The van der Waals surface area contributed by atoms with E-state index in [-0.39, 0.29) is 16.8 Å². The van der Waals surface area contributed by atoms with E-state index in [9.17, 15) is 8.42 Å². The van der Waals surface area contributed by atoms with Gasteiger partial charge >= 0.3 is 0 Å². The molecule has 0 radical (unpaired) electrons. The van der Waals surface area contributed by atoms with Gasteiger partial charge in [0.1, 0.15) is 5.76 Å². The summed E-state index contributed by atoms with van der Waals surface area (Å²) in [6.07, 6.45) is 0. The fraction of sp³-hybridized carbons (Fsp3) is 0.158. The fourth-order valence-corrected chi connectivity index (χ4v) is 3.80. The minimum Gasteiger partial charge on any atom is -0.360 e. The van der Waals surface area contributed by atoms with E-state index in [1.165, 1.54) is 18.2 Å². The second-order valence-corrected chi connectivity index (χ2v) is 8.27. The van der Waals surface area contributed by atoms with Gasteiger partial charge in [-0.1, -0.05) is 35.5 Å². The van der Waals surface area contributed by atoms with Crippen molar-refractivity contribution in [2.75, 3.05) is 10.0 Å². The van der Waals surface area contributed by atoms with E-state index >= 15 is 0 Å². The Morgan fingerprint density at radius 3 is 2.39 bits per heavy atom. The summed E-state index contributed by atoms with van der Waals surface area (Å²) in [7, 11) is -3.75. The fourth-order valence-electron chi connectivity index (χ4n) is 2.52. The van der Waals surface area contributed by atoms with Crippen LogP contribution in [0.3, 0.4) is 0 Å². The van der Waals surface area contributed by atoms with Gasteiger partial charge in [-0.3, -0.25) is 4.72 Å². The predicted octanol–water partition coefficient (Wildman–Crippen LogP) is 3.83. The van der Waals surface area contributed by atoms with Crippen molar-refractivity contribution in [2.24, 2.45) is 0 Å². The monoisotopic (exact) mass is 416 g/mol. The van der Waals surface area contributed by atoms with E-state index in [1.807, 2.05) is 37.3 Å². The molecule has 0 aliphatic rings. The van der Waals surface area contributed by atoms with Gasteiger partial charge < -0.3 is 15.2 Å². The van der Waals surface area contributed by atoms with Crippen LogP contribution in [0.5, 0.6) is 0 Å². The van der Waals surface area contributed by atoms with Gasteiger partial charge in [0.25, 0.3) is 10.0 Å². The molecule has 0 amide bonds. The molecule has 0 fully saturated rings. The Bertz CT molecular complexity index is 1050. The highest BCUT2D eigenvalue weighted by Crippen LogP contribution is 2.18. The van der Waals surface area contributed by atoms with Gasteiger partial charge in [0.2, 0.25) is 0 Å². The number of hydrogen-bond donors (Lipinski definition) is 3. The molecule has 1 atom stereocenters. The molecule has 146 valence electrons. The Labute approximate surface area is 169 Å². The first-order valence-electron chi connectivity index (χ1n) is 8.52. The number of aromatic nitrogens is 1. The number of benzene rings is 2. The van der Waals surface area contributed by atoms with Gasteiger partial charge in [-0.2, -0.15) is 0 Å². The number of thiocarbonyl (C=S) groups is 1. The van der Waals surface area contributed by atoms with Crippen molar-refractivity contribution in [1.29, 1.82) is 0 Å². The number of nitrogens with zero attached hydrogens (tertiary/aromatic N) is 1. The summed E-state index contributed by atoms with van der Waals surface area (Å²) in [6.45, 7) is 3.69. The molecule has 0 spiro atoms. The van der Waals surface area contributed by atoms with Crippen LogP contribution in [-0.2, 0) is 10.0 Å². The zero-order chi connectivity index (χ0) is 20.1. The average molecular weight is 417 g/mol. The Morgan fingerprint density at radius 2 is 1.79 bits per heavy atom. The van der Waals surface area contributed by atoms with Crippen molar-refractivity contribution in [3.63, 3.8) is 0 Å². The van der Waals surface area contributed by atoms with Crippen LogP contribution in [-0.4, -0.2) is 18.7 Å². The summed E-state index contributed by atoms with van der Waals surface area (Å²) in [6, 6.07) is 17.7. The number of anilines is 2. The van der Waals surface area contributed by atoms with E-state index < -0.39 is 10.0 Å². The highest BCUT2D eigenvalue weighted by molar-refractivity contribution is 7.92. The zero-order valence-corrected chi connectivity index (χ0v) is 17.0. The first kappa shape index (κ1) is 19.8. The molecule has 0 saturated heterocycles. The number of hydrogen-bond acceptors (Lipinski definition) is 5. The quantitative estimate of drug-likeness (QED) is 0.526. The van der Waals surface area contributed by atoms with Crippen molar-refractivity contribution < 1.29 is 12.9 Å². The van der Waals surface area contributed by atoms with Crippen LogP contribution in [0.2, 0.25) is 0 Å². The van der Waals surface area contributed by atoms with Crippen molar-refractivity contribution in [2.45, 2.75) is 24.8 Å². The summed E-state index contributed by atoms with van der Waals surface area (Å²) in [5.74, 6) is 0.656. The largest absolute Gasteiger partial charge is 0.360 e. The van der Waals surface area contributed by atoms with E-state index in [4.69, 9.17) is 16.7 Å². The third-order valence-electron chi connectivity index (χ3n) is 3.94. The van der Waals surface area contributed by atoms with Crippen LogP contribution in [0.15, 0.2) is 70.1 Å². The van der Waals surface area contributed by atoms with Gasteiger partial charge in [0.15, 0.2) is 10.9 Å². The average Bonchev–Trinajstić information content (AvgIpc) is 3.06. The molecule has 2 aromatic carbocycles. The Hall–Kier alpha value is -2.91. The summed E-state index contributed by atoms with van der Waals surface area (Å²) >= 11 is 5.34. The highest BCUT2D eigenvalue weighted by atomic mass is 32.2. The molecule has 1 aromatic heterocycles. The predicted molar refractivity (Wildman–Crippen MR) is 113 cm³/mol. The smallest absolute Gasteiger partial charge is 0.263 e. The molecule has 0 aliphatic carbocycles. The summed E-state index contributed by atoms with van der Waals surface area (Å²) < 4.78 is 32.0. The first-order valence-corrected chi connectivity index (χ1v) is 10.4. The lowest BCUT2D eigenvalue weighted by atomic mass is 10.1. The van der Waals surface area contributed by atoms with Gasteiger partial charge in [0.05, 0.1) is 10.9 Å². The normalized spacial score (nSPS) is 12.2. The SMILES string of the molecule is Cc1cc(NS(=O)(=O)c2ccc(NC(=S)N[C@@H](C)c3ccccc3)cc2)no1. The second kappa shape index (κ2) is 8.41. The second-order valence-electron chi connectivity index (χ2n) is 6.18. The maximum Gasteiger partial charge on any atom is 0.263 e. The van der Waals surface area contributed by atoms with Crippen molar-refractivity contribution in [1.82, 2.24) is 10.5 Å². The Kier molecular flexibility index (Phi) is 5.96. The van der Waals surface area contributed by atoms with Crippen LogP contribution < -0.4 is 15.4 Å². The molecule has 0 aliphatic heterocycles. The summed E-state index contributed by atoms with van der Waals surface area (Å²) in [4.78, 5) is 0.107. The molecule has 7 nitrogen and oxygen atoms in total. The summed E-state index contributed by atoms with van der Waals surface area (Å²) in [5, 5.41) is 10.3. The van der Waals surface area contributed by atoms with Crippen LogP contribution in [0.25, 0.3) is 0 Å². The van der Waals surface area contributed by atoms with Crippen molar-refractivity contribution in [3.05, 3.63) is 72.0 Å². The lowest BCUT2D eigenvalue weighted by molar-refractivity contribution is 0.400. The molecule has 1 heterocycles. The number of rotatable bonds is 6. The van der Waals surface area contributed by atoms with E-state index in [2.05, 4.69) is 20.5 Å². The molecule has 9 heteroatoms. The van der Waals surface area contributed by atoms with Gasteiger partial charge in [-0.25, -0.2) is 8.42 Å². The van der Waals surface area contributed by atoms with Crippen LogP contribution in [0.1, 0.15) is 24.3 Å². The topological polar surface area (TPSA) is 96.3 Å². The van der Waals surface area contributed by atoms with Crippen LogP contribution in [0.4, 0.5) is 11.5 Å². The van der Waals surface area contributed by atoms with Gasteiger partial charge in [-0.05, 0) is 55.9 Å². The molecule has 3 aromatic rings. The Balaban J connectivity index is 1.61. The molecule has 0 bridgehead atoms. The minimum absolute atomic E-state index is 0.0379. The standard InChI is InChI=1S/C19H20N4O3S2/c1-13-12-18(22-26-13)23-28(24,25)17-10-8-16(9-11-17)21-19(27)20-14(2)15-6-4-3-5-7-15/h3-12,14H,1-2H3,(H,22,23)(H2,20,21,27)/t14-/m0/s1. The third kappa shape index (κ3) is 5.08. The minimum atomic E-state index is -3.75. The lowest BCUT2D eigenvalue weighted by Crippen LogP contribution is -2.30. The molecule has 3 rings (SSSR count). The summed E-state index contributed by atoms with van der Waals surface area (Å²) in [5.41, 5.74) is 1.79. The van der Waals surface area contributed by atoms with E-state index in [1.54, 1.807) is 19.1 Å². The van der Waals surface area contributed by atoms with Crippen molar-refractivity contribution in [3.8, 4) is 0 Å². The maximum absolute atomic E-state index is 12.4. The molecule has 0 saturated carbocycles. The lowest BCUT2D eigenvalue weighted by Gasteiger charge is -2.17. The van der Waals surface area contributed by atoms with Crippen LogP contribution in [0, 0.1) is 6.92 Å². The van der Waals surface area contributed by atoms with Crippen molar-refractivity contribution >= 4 is 38.9 Å². The van der Waals surface area contributed by atoms with Gasteiger partial charge in [0, 0.05) is 11.8 Å². The highest BCUT2D eigenvalue weighted by Gasteiger charge is 2.16. The molecular weight excluding hydrogens is 396 g/mol. The number of sulfonamides is 1. The third-order valence-corrected chi connectivity index (χ3v) is 5.53. The van der Waals surface area contributed by atoms with Crippen LogP contribution >= 0.6 is 12.2 Å². The molecule has 3 N–H and O–H groups in total. The van der Waals surface area contributed by atoms with E-state index in [0.29, 0.717) is 16.6 Å². The number of aryl methyl sites for hydroxylation is 1. The maximum atomic E-state index is 12.4. The molecular formula is C19H20N4O3S2.